The number of rotatable bonds is 27. The molecule has 0 spiro atoms. The molecule has 1 heteroatoms. The molecule has 0 aliphatic rings. The van der Waals surface area contributed by atoms with Crippen LogP contribution >= 0.6 is 0 Å². The van der Waals surface area contributed by atoms with Crippen LogP contribution < -0.4 is 21.2 Å². The van der Waals surface area contributed by atoms with E-state index in [0.717, 1.165) is 0 Å². The van der Waals surface area contributed by atoms with Crippen molar-refractivity contribution in [3.05, 3.63) is 66.8 Å². The highest BCUT2D eigenvalue weighted by Gasteiger charge is 2.15. The molecule has 0 bridgehead atoms. The maximum atomic E-state index is 2.41. The Balaban J connectivity index is 1.47. The number of hydrogen-bond acceptors (Lipinski definition) is 0. The first-order valence-corrected chi connectivity index (χ1v) is 19.8. The second kappa shape index (κ2) is 25.8. The summed E-state index contributed by atoms with van der Waals surface area (Å²) in [5, 5.41) is 0. The summed E-state index contributed by atoms with van der Waals surface area (Å²) in [6.45, 7) is 4.60. The van der Waals surface area contributed by atoms with Crippen molar-refractivity contribution in [2.45, 2.75) is 174 Å². The summed E-state index contributed by atoms with van der Waals surface area (Å²) in [6, 6.07) is 19.2. The maximum Gasteiger partial charge on any atom is 0.357 e. The van der Waals surface area contributed by atoms with Gasteiger partial charge in [0, 0.05) is 0 Å². The van der Waals surface area contributed by atoms with Crippen LogP contribution in [0, 0.1) is 7.14 Å². The van der Waals surface area contributed by atoms with Gasteiger partial charge in [-0.1, -0.05) is 173 Å². The molecule has 40 heavy (non-hydrogen) atoms. The molecule has 0 radical (unpaired) electrons. The van der Waals surface area contributed by atoms with Crippen molar-refractivity contribution in [2.24, 2.45) is 0 Å². The molecule has 0 aromatic heterocycles. The molecule has 0 nitrogen and oxygen atoms in total. The average molecular weight is 660 g/mol. The van der Waals surface area contributed by atoms with E-state index in [1.807, 2.05) is 0 Å². The van der Waals surface area contributed by atoms with Crippen LogP contribution in [0.5, 0.6) is 0 Å². The van der Waals surface area contributed by atoms with E-state index < -0.39 is 0 Å². The van der Waals surface area contributed by atoms with E-state index in [1.54, 1.807) is 7.14 Å². The van der Waals surface area contributed by atoms with Gasteiger partial charge in [0.15, 0.2) is 7.14 Å². The Morgan fingerprint density at radius 2 is 0.575 bits per heavy atom. The van der Waals surface area contributed by atoms with Gasteiger partial charge in [-0.2, -0.15) is 0 Å². The molecule has 0 heterocycles. The summed E-state index contributed by atoms with van der Waals surface area (Å²) in [7, 11) is 0. The predicted molar refractivity (Wildman–Crippen MR) is 175 cm³/mol. The Hall–Kier alpha value is -0.830. The minimum absolute atomic E-state index is 0.0608. The summed E-state index contributed by atoms with van der Waals surface area (Å²) in [4.78, 5) is 0. The van der Waals surface area contributed by atoms with Crippen LogP contribution in [0.15, 0.2) is 48.5 Å². The zero-order valence-electron chi connectivity index (χ0n) is 26.7. The zero-order chi connectivity index (χ0) is 28.4. The average Bonchev–Trinajstić information content (AvgIpc) is 2.98. The molecule has 2 aromatic carbocycles. The largest absolute Gasteiger partial charge is 0.357 e. The molecular formula is C39H64I+. The van der Waals surface area contributed by atoms with Crippen LogP contribution in [0.4, 0.5) is 0 Å². The molecule has 226 valence electrons. The molecule has 2 aromatic rings. The smallest absolute Gasteiger partial charge is 0.0654 e. The molecule has 0 atom stereocenters. The van der Waals surface area contributed by atoms with Crippen molar-refractivity contribution in [2.75, 3.05) is 0 Å². The first-order valence-electron chi connectivity index (χ1n) is 17.6. The zero-order valence-corrected chi connectivity index (χ0v) is 28.8. The van der Waals surface area contributed by atoms with E-state index >= 15 is 0 Å². The highest BCUT2D eigenvalue weighted by Crippen LogP contribution is 2.14. The van der Waals surface area contributed by atoms with Crippen molar-refractivity contribution >= 4 is 0 Å². The van der Waals surface area contributed by atoms with Crippen molar-refractivity contribution in [1.82, 2.24) is 0 Å². The lowest BCUT2D eigenvalue weighted by Gasteiger charge is -2.03. The predicted octanol–water partition coefficient (Wildman–Crippen LogP) is 9.91. The molecule has 0 aliphatic heterocycles. The Morgan fingerprint density at radius 1 is 0.325 bits per heavy atom. The molecule has 0 saturated heterocycles. The van der Waals surface area contributed by atoms with Crippen LogP contribution in [-0.2, 0) is 12.8 Å². The van der Waals surface area contributed by atoms with Gasteiger partial charge in [-0.15, -0.1) is 0 Å². The Labute approximate surface area is 261 Å². The van der Waals surface area contributed by atoms with Gasteiger partial charge in [0.25, 0.3) is 0 Å². The summed E-state index contributed by atoms with van der Waals surface area (Å²) in [6.07, 6.45) is 35.3. The fraction of sp³-hybridized carbons (Fsp3) is 0.692. The Bertz CT molecular complexity index is 791. The number of benzene rings is 2. The van der Waals surface area contributed by atoms with E-state index in [9.17, 15) is 0 Å². The monoisotopic (exact) mass is 659 g/mol. The van der Waals surface area contributed by atoms with Gasteiger partial charge in [0.2, 0.25) is 0 Å². The minimum Gasteiger partial charge on any atom is -0.0654 e. The molecule has 0 fully saturated rings. The third kappa shape index (κ3) is 19.3. The van der Waals surface area contributed by atoms with Crippen LogP contribution in [0.1, 0.15) is 173 Å². The van der Waals surface area contributed by atoms with Crippen LogP contribution in [0.25, 0.3) is 0 Å². The van der Waals surface area contributed by atoms with Crippen molar-refractivity contribution < 1.29 is 21.2 Å². The highest BCUT2D eigenvalue weighted by molar-refractivity contribution is 5.16. The number of halogens is 1. The van der Waals surface area contributed by atoms with Gasteiger partial charge in [0.1, 0.15) is 0 Å². The van der Waals surface area contributed by atoms with Crippen LogP contribution in [0.3, 0.4) is 0 Å². The third-order valence-electron chi connectivity index (χ3n) is 8.43. The second-order valence-electron chi connectivity index (χ2n) is 12.3. The van der Waals surface area contributed by atoms with E-state index in [2.05, 4.69) is 62.4 Å². The van der Waals surface area contributed by atoms with E-state index in [-0.39, 0.29) is 21.2 Å². The normalized spacial score (nSPS) is 11.3. The molecule has 0 N–H and O–H groups in total. The maximum absolute atomic E-state index is 2.41. The first kappa shape index (κ1) is 35.4. The molecule has 2 rings (SSSR count). The van der Waals surface area contributed by atoms with E-state index in [4.69, 9.17) is 0 Å². The van der Waals surface area contributed by atoms with Gasteiger partial charge >= 0.3 is 21.2 Å². The third-order valence-corrected chi connectivity index (χ3v) is 11.1. The summed E-state index contributed by atoms with van der Waals surface area (Å²) >= 11 is -0.0608. The van der Waals surface area contributed by atoms with Gasteiger partial charge < -0.3 is 0 Å². The summed E-state index contributed by atoms with van der Waals surface area (Å²) < 4.78 is 3.10. The van der Waals surface area contributed by atoms with E-state index in [1.165, 1.54) is 172 Å². The SMILES string of the molecule is CCCCCCCCCCCCCCc1ccc([I+]c2ccc(CCCCCCCCCCCCC)cc2)cc1. The summed E-state index contributed by atoms with van der Waals surface area (Å²) in [5.74, 6) is 0. The molecule has 0 unspecified atom stereocenters. The fourth-order valence-electron chi connectivity index (χ4n) is 5.72. The second-order valence-corrected chi connectivity index (χ2v) is 15.3. The molecular weight excluding hydrogens is 595 g/mol. The minimum atomic E-state index is -0.0608. The quantitative estimate of drug-likeness (QED) is 0.0662. The lowest BCUT2D eigenvalue weighted by Crippen LogP contribution is -3.61. The number of unbranched alkanes of at least 4 members (excludes halogenated alkanes) is 21. The van der Waals surface area contributed by atoms with Crippen molar-refractivity contribution in [3.8, 4) is 0 Å². The van der Waals surface area contributed by atoms with Gasteiger partial charge in [-0.25, -0.2) is 0 Å². The Kier molecular flexibility index (Phi) is 22.9. The van der Waals surface area contributed by atoms with Gasteiger partial charge in [-0.05, 0) is 61.1 Å². The standard InChI is InChI=1S/C39H64I/c1-3-5-7-9-11-13-15-17-19-21-23-25-27-37-30-34-39(35-31-37)40-38-32-28-36(29-33-38)26-24-22-20-18-16-14-12-10-8-6-4-2/h28-35H,3-27H2,1-2H3/q+1. The van der Waals surface area contributed by atoms with Crippen LogP contribution in [-0.4, -0.2) is 0 Å². The van der Waals surface area contributed by atoms with Crippen LogP contribution in [0.2, 0.25) is 0 Å². The lowest BCUT2D eigenvalue weighted by molar-refractivity contribution is -0.597. The number of aryl methyl sites for hydroxylation is 2. The van der Waals surface area contributed by atoms with E-state index in [0.29, 0.717) is 0 Å². The highest BCUT2D eigenvalue weighted by atomic mass is 127. The number of hydrogen-bond donors (Lipinski definition) is 0. The molecule has 0 aliphatic carbocycles. The fourth-order valence-corrected chi connectivity index (χ4v) is 7.88. The Morgan fingerprint density at radius 3 is 0.850 bits per heavy atom. The van der Waals surface area contributed by atoms with Gasteiger partial charge in [0.05, 0.1) is 0 Å². The molecule has 0 saturated carbocycles. The van der Waals surface area contributed by atoms with Gasteiger partial charge in [-0.3, -0.25) is 0 Å². The topological polar surface area (TPSA) is 0 Å². The van der Waals surface area contributed by atoms with Crippen molar-refractivity contribution in [1.29, 1.82) is 0 Å². The first-order chi connectivity index (χ1) is 19.8. The van der Waals surface area contributed by atoms with Crippen molar-refractivity contribution in [3.63, 3.8) is 0 Å². The summed E-state index contributed by atoms with van der Waals surface area (Å²) in [5.41, 5.74) is 3.06. The molecule has 0 amide bonds. The lowest BCUT2D eigenvalue weighted by atomic mass is 10.0.